The molecule has 0 bridgehead atoms. The van der Waals surface area contributed by atoms with Gasteiger partial charge in [-0.3, -0.25) is 4.79 Å². The fourth-order valence-corrected chi connectivity index (χ4v) is 3.90. The Morgan fingerprint density at radius 3 is 2.55 bits per heavy atom. The van der Waals surface area contributed by atoms with E-state index >= 15 is 0 Å². The first-order valence-electron chi connectivity index (χ1n) is 9.16. The molecule has 5 heterocycles. The summed E-state index contributed by atoms with van der Waals surface area (Å²) in [6.45, 7) is 2.53. The van der Waals surface area contributed by atoms with Crippen LogP contribution in [0.15, 0.2) is 58.7 Å². The third kappa shape index (κ3) is 3.49. The maximum absolute atomic E-state index is 12.8. The zero-order valence-corrected chi connectivity index (χ0v) is 16.2. The maximum Gasteiger partial charge on any atom is 0.276 e. The molecule has 0 atom stereocenters. The maximum atomic E-state index is 12.8. The van der Waals surface area contributed by atoms with Gasteiger partial charge in [-0.05, 0) is 29.6 Å². The molecule has 146 valence electrons. The van der Waals surface area contributed by atoms with Crippen molar-refractivity contribution in [3.05, 3.63) is 59.9 Å². The van der Waals surface area contributed by atoms with Gasteiger partial charge in [0.05, 0.1) is 4.88 Å². The molecule has 0 aliphatic carbocycles. The van der Waals surface area contributed by atoms with Crippen LogP contribution in [0.25, 0.3) is 16.5 Å². The number of carbonyl (C=O) groups excluding carboxylic acids is 1. The number of hydrogen-bond donors (Lipinski definition) is 0. The Bertz CT molecular complexity index is 1080. The van der Waals surface area contributed by atoms with Gasteiger partial charge in [-0.1, -0.05) is 11.2 Å². The van der Waals surface area contributed by atoms with Crippen molar-refractivity contribution in [2.45, 2.75) is 0 Å². The number of hydrogen-bond acceptors (Lipinski definition) is 8. The molecule has 4 aromatic heterocycles. The fourth-order valence-electron chi connectivity index (χ4n) is 3.22. The molecule has 0 aromatic carbocycles. The average molecular weight is 407 g/mol. The first-order chi connectivity index (χ1) is 14.3. The summed E-state index contributed by atoms with van der Waals surface area (Å²) in [5.41, 5.74) is 0.338. The third-order valence-corrected chi connectivity index (χ3v) is 5.64. The van der Waals surface area contributed by atoms with Crippen LogP contribution in [0, 0.1) is 0 Å². The van der Waals surface area contributed by atoms with Gasteiger partial charge in [0.1, 0.15) is 0 Å². The van der Waals surface area contributed by atoms with E-state index in [9.17, 15) is 4.79 Å². The monoisotopic (exact) mass is 407 g/mol. The normalized spacial score (nSPS) is 14.3. The molecule has 5 rings (SSSR count). The highest BCUT2D eigenvalue weighted by Crippen LogP contribution is 2.25. The number of nitrogens with zero attached hydrogens (tertiary/aromatic N) is 7. The summed E-state index contributed by atoms with van der Waals surface area (Å²) in [6.07, 6.45) is 3.52. The lowest BCUT2D eigenvalue weighted by Gasteiger charge is -2.34. The predicted octanol–water partition coefficient (Wildman–Crippen LogP) is 2.34. The molecule has 1 aliphatic rings. The summed E-state index contributed by atoms with van der Waals surface area (Å²) in [5.74, 6) is 1.96. The van der Waals surface area contributed by atoms with Crippen molar-refractivity contribution in [1.82, 2.24) is 30.0 Å². The van der Waals surface area contributed by atoms with Crippen LogP contribution in [0.1, 0.15) is 10.5 Å². The summed E-state index contributed by atoms with van der Waals surface area (Å²) in [7, 11) is 0. The molecular formula is C19H17N7O2S. The number of thiophene rings is 1. The van der Waals surface area contributed by atoms with Gasteiger partial charge < -0.3 is 14.3 Å². The van der Waals surface area contributed by atoms with Gasteiger partial charge in [-0.25, -0.2) is 4.68 Å². The average Bonchev–Trinajstić information content (AvgIpc) is 3.55. The number of amides is 1. The van der Waals surface area contributed by atoms with Gasteiger partial charge in [0.2, 0.25) is 0 Å². The second-order valence-electron chi connectivity index (χ2n) is 6.53. The molecule has 4 aromatic rings. The van der Waals surface area contributed by atoms with E-state index in [2.05, 4.69) is 25.4 Å². The first kappa shape index (κ1) is 17.6. The molecule has 0 unspecified atom stereocenters. The third-order valence-electron chi connectivity index (χ3n) is 4.76. The largest absolute Gasteiger partial charge is 0.355 e. The number of anilines is 1. The van der Waals surface area contributed by atoms with Crippen molar-refractivity contribution in [3.8, 4) is 16.5 Å². The second-order valence-corrected chi connectivity index (χ2v) is 7.48. The molecule has 10 heteroatoms. The molecule has 9 nitrogen and oxygen atoms in total. The molecular weight excluding hydrogens is 390 g/mol. The lowest BCUT2D eigenvalue weighted by molar-refractivity contribution is 0.0736. The van der Waals surface area contributed by atoms with Crippen molar-refractivity contribution < 1.29 is 9.32 Å². The van der Waals surface area contributed by atoms with E-state index < -0.39 is 0 Å². The van der Waals surface area contributed by atoms with Crippen molar-refractivity contribution in [3.63, 3.8) is 0 Å². The van der Waals surface area contributed by atoms with E-state index in [1.807, 2.05) is 41.9 Å². The van der Waals surface area contributed by atoms with Crippen LogP contribution < -0.4 is 4.90 Å². The molecule has 0 spiro atoms. The van der Waals surface area contributed by atoms with E-state index in [0.717, 1.165) is 10.7 Å². The minimum absolute atomic E-state index is 0.115. The van der Waals surface area contributed by atoms with Crippen molar-refractivity contribution >= 4 is 23.1 Å². The van der Waals surface area contributed by atoms with E-state index in [1.165, 1.54) is 0 Å². The van der Waals surface area contributed by atoms with Crippen LogP contribution in [-0.4, -0.2) is 62.1 Å². The Hall–Kier alpha value is -3.53. The zero-order valence-electron chi connectivity index (χ0n) is 15.4. The van der Waals surface area contributed by atoms with Crippen molar-refractivity contribution in [1.29, 1.82) is 0 Å². The van der Waals surface area contributed by atoms with Gasteiger partial charge in [0, 0.05) is 44.6 Å². The molecule has 1 amide bonds. The summed E-state index contributed by atoms with van der Waals surface area (Å²) < 4.78 is 6.99. The zero-order chi connectivity index (χ0) is 19.6. The Kier molecular flexibility index (Phi) is 4.53. The second kappa shape index (κ2) is 7.47. The molecule has 1 fully saturated rings. The minimum atomic E-state index is -0.115. The number of aromatic nitrogens is 5. The van der Waals surface area contributed by atoms with Crippen LogP contribution in [0.4, 0.5) is 5.82 Å². The Balaban J connectivity index is 1.22. The molecule has 0 saturated carbocycles. The van der Waals surface area contributed by atoms with Gasteiger partial charge in [0.25, 0.3) is 5.91 Å². The molecule has 1 aliphatic heterocycles. The first-order valence-corrected chi connectivity index (χ1v) is 10.0. The van der Waals surface area contributed by atoms with Crippen molar-refractivity contribution in [2.24, 2.45) is 0 Å². The predicted molar refractivity (Wildman–Crippen MR) is 107 cm³/mol. The van der Waals surface area contributed by atoms with Gasteiger partial charge in [-0.15, -0.1) is 21.5 Å². The smallest absolute Gasteiger partial charge is 0.276 e. The topological polar surface area (TPSA) is 93.2 Å². The van der Waals surface area contributed by atoms with Gasteiger partial charge in [-0.2, -0.15) is 5.10 Å². The molecule has 0 N–H and O–H groups in total. The summed E-state index contributed by atoms with van der Waals surface area (Å²) in [4.78, 5) is 17.6. The van der Waals surface area contributed by atoms with E-state index in [4.69, 9.17) is 4.52 Å². The summed E-state index contributed by atoms with van der Waals surface area (Å²) in [6, 6.07) is 11.2. The standard InChI is InChI=1S/C19H17N7O2S/c27-19(14-13-15(28-23-14)16-3-1-12-29-16)25-10-8-24(9-11-25)17-4-5-18(22-21-17)26-7-2-6-20-26/h1-7,12-13H,8-11H2. The van der Waals surface area contributed by atoms with Crippen LogP contribution in [0.3, 0.4) is 0 Å². The minimum Gasteiger partial charge on any atom is -0.355 e. The SMILES string of the molecule is O=C(c1cc(-c2cccs2)on1)N1CCN(c2ccc(-n3cccn3)nn2)CC1. The van der Waals surface area contributed by atoms with Gasteiger partial charge in [0.15, 0.2) is 23.1 Å². The molecule has 0 radical (unpaired) electrons. The highest BCUT2D eigenvalue weighted by Gasteiger charge is 2.25. The Morgan fingerprint density at radius 1 is 1.03 bits per heavy atom. The summed E-state index contributed by atoms with van der Waals surface area (Å²) in [5, 5.41) is 18.6. The van der Waals surface area contributed by atoms with E-state index in [-0.39, 0.29) is 5.91 Å². The highest BCUT2D eigenvalue weighted by molar-refractivity contribution is 7.13. The Labute approximate surface area is 170 Å². The molecule has 1 saturated heterocycles. The van der Waals surface area contributed by atoms with Crippen LogP contribution in [-0.2, 0) is 0 Å². The number of rotatable bonds is 4. The lowest BCUT2D eigenvalue weighted by Crippen LogP contribution is -2.49. The number of carbonyl (C=O) groups is 1. The van der Waals surface area contributed by atoms with Crippen molar-refractivity contribution in [2.75, 3.05) is 31.1 Å². The summed E-state index contributed by atoms with van der Waals surface area (Å²) >= 11 is 1.55. The van der Waals surface area contributed by atoms with E-state index in [1.54, 1.807) is 33.2 Å². The fraction of sp³-hybridized carbons (Fsp3) is 0.211. The van der Waals surface area contributed by atoms with Crippen LogP contribution >= 0.6 is 11.3 Å². The lowest BCUT2D eigenvalue weighted by atomic mass is 10.2. The van der Waals surface area contributed by atoms with E-state index in [0.29, 0.717) is 43.5 Å². The van der Waals surface area contributed by atoms with Crippen LogP contribution in [0.2, 0.25) is 0 Å². The quantitative estimate of drug-likeness (QED) is 0.513. The number of piperazine rings is 1. The molecule has 29 heavy (non-hydrogen) atoms. The van der Waals surface area contributed by atoms with Crippen LogP contribution in [0.5, 0.6) is 0 Å². The Morgan fingerprint density at radius 2 is 1.86 bits per heavy atom. The van der Waals surface area contributed by atoms with Gasteiger partial charge >= 0.3 is 0 Å². The highest BCUT2D eigenvalue weighted by atomic mass is 32.1.